The summed E-state index contributed by atoms with van der Waals surface area (Å²) in [7, 11) is -2.20. The zero-order valence-electron chi connectivity index (χ0n) is 33.0. The van der Waals surface area contributed by atoms with Gasteiger partial charge >= 0.3 is 0 Å². The number of aromatic nitrogens is 2. The maximum absolute atomic E-state index is 14.7. The lowest BCUT2D eigenvalue weighted by Crippen LogP contribution is -2.17. The molecule has 0 radical (unpaired) electrons. The smallest absolute Gasteiger partial charge is 0.274 e. The molecule has 3 aromatic carbocycles. The Morgan fingerprint density at radius 2 is 1.32 bits per heavy atom. The average Bonchev–Trinajstić information content (AvgIpc) is 3.67. The Hall–Kier alpha value is -5.37. The van der Waals surface area contributed by atoms with Gasteiger partial charge in [-0.25, -0.2) is 17.2 Å². The largest absolute Gasteiger partial charge is 0.491 e. The average molecular weight is 843 g/mol. The minimum absolute atomic E-state index is 0.0482. The molecule has 0 fully saturated rings. The van der Waals surface area contributed by atoms with Crippen molar-refractivity contribution in [1.29, 1.82) is 0 Å². The Morgan fingerprint density at radius 3 is 1.93 bits per heavy atom. The second-order valence-electron chi connectivity index (χ2n) is 12.8. The zero-order chi connectivity index (χ0) is 42.2. The first-order valence-electron chi connectivity index (χ1n) is 18.9. The van der Waals surface area contributed by atoms with E-state index in [1.807, 2.05) is 6.92 Å². The molecule has 1 amide bonds. The molecule has 5 aromatic rings. The molecule has 3 N–H and O–H groups in total. The second kappa shape index (κ2) is 22.1. The highest BCUT2D eigenvalue weighted by molar-refractivity contribution is 7.92. The van der Waals surface area contributed by atoms with Crippen LogP contribution in [0.25, 0.3) is 22.0 Å². The summed E-state index contributed by atoms with van der Waals surface area (Å²) in [6.07, 6.45) is 1.49. The van der Waals surface area contributed by atoms with Crippen molar-refractivity contribution in [2.75, 3.05) is 88.5 Å². The van der Waals surface area contributed by atoms with E-state index in [0.29, 0.717) is 101 Å². The van der Waals surface area contributed by atoms with Crippen LogP contribution in [0.4, 0.5) is 20.2 Å². The van der Waals surface area contributed by atoms with Gasteiger partial charge in [-0.2, -0.15) is 0 Å². The number of amides is 1. The molecule has 0 aliphatic heterocycles. The maximum atomic E-state index is 14.7. The Bertz CT molecular complexity index is 2320. The number of hydrogen-bond acceptors (Lipinski definition) is 11. The maximum Gasteiger partial charge on any atom is 0.274 e. The van der Waals surface area contributed by atoms with Crippen LogP contribution < -0.4 is 25.1 Å². The molecule has 0 aliphatic carbocycles. The summed E-state index contributed by atoms with van der Waals surface area (Å²) in [5.74, 6) is -2.19. The van der Waals surface area contributed by atoms with Crippen molar-refractivity contribution in [3.05, 3.63) is 101 Å². The third-order valence-corrected chi connectivity index (χ3v) is 9.85. The Balaban J connectivity index is 1.18. The normalized spacial score (nSPS) is 11.5. The second-order valence-corrected chi connectivity index (χ2v) is 14.8. The van der Waals surface area contributed by atoms with Crippen LogP contribution >= 0.6 is 0 Å². The van der Waals surface area contributed by atoms with E-state index in [-0.39, 0.29) is 39.7 Å². The lowest BCUT2D eigenvalue weighted by atomic mass is 10.0. The first-order chi connectivity index (χ1) is 28.5. The fraction of sp³-hybridized carbons (Fsp3) is 0.366. The lowest BCUT2D eigenvalue weighted by Gasteiger charge is -2.16. The fourth-order valence-electron chi connectivity index (χ4n) is 5.57. The Kier molecular flexibility index (Phi) is 16.8. The van der Waals surface area contributed by atoms with Gasteiger partial charge in [0.05, 0.1) is 65.2 Å². The number of carbonyl (C=O) groups excluding carboxylic acids is 1. The molecule has 0 aliphatic rings. The molecule has 0 spiro atoms. The highest BCUT2D eigenvalue weighted by atomic mass is 32.2. The molecular weight excluding hydrogens is 795 g/mol. The number of fused-ring (bicyclic) bond motifs is 1. The molecule has 0 bridgehead atoms. The molecule has 0 atom stereocenters. The number of rotatable bonds is 25. The van der Waals surface area contributed by atoms with Crippen molar-refractivity contribution in [2.24, 2.45) is 7.05 Å². The van der Waals surface area contributed by atoms with Gasteiger partial charge in [0.1, 0.15) is 35.1 Å². The van der Waals surface area contributed by atoms with Crippen LogP contribution in [0.15, 0.2) is 77.7 Å². The van der Waals surface area contributed by atoms with Crippen molar-refractivity contribution in [3.8, 4) is 28.4 Å². The topological polar surface area (TPSA) is 178 Å². The van der Waals surface area contributed by atoms with Crippen LogP contribution in [-0.4, -0.2) is 102 Å². The van der Waals surface area contributed by atoms with Gasteiger partial charge in [-0.3, -0.25) is 14.3 Å². The van der Waals surface area contributed by atoms with E-state index in [4.69, 9.17) is 33.2 Å². The van der Waals surface area contributed by atoms with E-state index in [2.05, 4.69) is 15.0 Å². The van der Waals surface area contributed by atoms with Gasteiger partial charge in [-0.15, -0.1) is 0 Å². The van der Waals surface area contributed by atoms with Gasteiger partial charge in [-0.1, -0.05) is 0 Å². The summed E-state index contributed by atoms with van der Waals surface area (Å²) >= 11 is 0. The third-order valence-electron chi connectivity index (χ3n) is 8.55. The standard InChI is InChI=1S/C41H48F2N4O11S/c1-4-52-14-15-53-16-17-54-18-19-55-20-21-56-22-23-57-31-10-7-29(8-11-31)44-40(48)36-26-33-34(27-47(3)41(49)39(33)45-36)32-25-30(46-59(50,51)5-2)9-13-37(32)58-38-12-6-28(42)24-35(38)43/h6-13,24-27,45-46H,4-5,14-23H2,1-3H3,(H,44,48). The minimum atomic E-state index is -3.70. The van der Waals surface area contributed by atoms with Crippen molar-refractivity contribution in [2.45, 2.75) is 13.8 Å². The number of carbonyl (C=O) groups is 1. The number of pyridine rings is 1. The summed E-state index contributed by atoms with van der Waals surface area (Å²) < 4.78 is 95.6. The highest BCUT2D eigenvalue weighted by Crippen LogP contribution is 2.39. The van der Waals surface area contributed by atoms with Gasteiger partial charge in [0.2, 0.25) is 10.0 Å². The molecule has 0 saturated heterocycles. The number of aryl methyl sites for hydroxylation is 1. The van der Waals surface area contributed by atoms with Crippen LogP contribution in [0.3, 0.4) is 0 Å². The van der Waals surface area contributed by atoms with Crippen molar-refractivity contribution in [3.63, 3.8) is 0 Å². The fourth-order valence-corrected chi connectivity index (χ4v) is 6.20. The molecule has 18 heteroatoms. The van der Waals surface area contributed by atoms with E-state index in [9.17, 15) is 26.8 Å². The first-order valence-corrected chi connectivity index (χ1v) is 20.6. The van der Waals surface area contributed by atoms with E-state index in [0.717, 1.165) is 12.1 Å². The number of hydrogen-bond donors (Lipinski definition) is 3. The predicted molar refractivity (Wildman–Crippen MR) is 218 cm³/mol. The number of nitrogens with one attached hydrogen (secondary N) is 3. The molecule has 0 unspecified atom stereocenters. The van der Waals surface area contributed by atoms with Crippen molar-refractivity contribution < 1.29 is 55.2 Å². The van der Waals surface area contributed by atoms with Crippen LogP contribution in [0.5, 0.6) is 17.2 Å². The molecule has 5 rings (SSSR count). The summed E-state index contributed by atoms with van der Waals surface area (Å²) in [6, 6.07) is 15.3. The monoisotopic (exact) mass is 842 g/mol. The van der Waals surface area contributed by atoms with Gasteiger partial charge < -0.3 is 48.0 Å². The molecule has 318 valence electrons. The van der Waals surface area contributed by atoms with Gasteiger partial charge in [0, 0.05) is 53.8 Å². The van der Waals surface area contributed by atoms with Crippen LogP contribution in [0.1, 0.15) is 24.3 Å². The highest BCUT2D eigenvalue weighted by Gasteiger charge is 2.21. The molecule has 0 saturated carbocycles. The van der Waals surface area contributed by atoms with E-state index in [1.165, 1.54) is 49.0 Å². The molecule has 2 aromatic heterocycles. The van der Waals surface area contributed by atoms with Gasteiger partial charge in [0.15, 0.2) is 11.6 Å². The molecule has 15 nitrogen and oxygen atoms in total. The number of ether oxygens (including phenoxy) is 7. The summed E-state index contributed by atoms with van der Waals surface area (Å²) in [5, 5.41) is 3.09. The van der Waals surface area contributed by atoms with Crippen molar-refractivity contribution >= 4 is 38.2 Å². The lowest BCUT2D eigenvalue weighted by molar-refractivity contribution is -0.0119. The number of anilines is 2. The minimum Gasteiger partial charge on any atom is -0.491 e. The Morgan fingerprint density at radius 1 is 0.729 bits per heavy atom. The van der Waals surface area contributed by atoms with E-state index < -0.39 is 33.1 Å². The van der Waals surface area contributed by atoms with E-state index >= 15 is 0 Å². The number of sulfonamides is 1. The summed E-state index contributed by atoms with van der Waals surface area (Å²) in [6.45, 7) is 8.55. The number of benzene rings is 3. The predicted octanol–water partition coefficient (Wildman–Crippen LogP) is 6.10. The van der Waals surface area contributed by atoms with Crippen LogP contribution in [0, 0.1) is 11.6 Å². The summed E-state index contributed by atoms with van der Waals surface area (Å²) in [4.78, 5) is 29.7. The quantitative estimate of drug-likeness (QED) is 0.0579. The number of halogens is 2. The number of H-pyrrole nitrogens is 1. The molecular formula is C41H48F2N4O11S. The SMILES string of the molecule is CCOCCOCCOCCOCCOCCOc1ccc(NC(=O)c2cc3c(-c4cc(NS(=O)(=O)CC)ccc4Oc4ccc(F)cc4F)cn(C)c(=O)c3[nH]2)cc1. The van der Waals surface area contributed by atoms with Crippen molar-refractivity contribution in [1.82, 2.24) is 9.55 Å². The van der Waals surface area contributed by atoms with Gasteiger partial charge in [-0.05, 0) is 74.5 Å². The third kappa shape index (κ3) is 13.3. The van der Waals surface area contributed by atoms with E-state index in [1.54, 1.807) is 24.3 Å². The summed E-state index contributed by atoms with van der Waals surface area (Å²) in [5.41, 5.74) is 0.887. The van der Waals surface area contributed by atoms with Gasteiger partial charge in [0.25, 0.3) is 11.5 Å². The number of aromatic amines is 1. The number of nitrogens with zero attached hydrogens (tertiary/aromatic N) is 1. The Labute approximate surface area is 340 Å². The van der Waals surface area contributed by atoms with Crippen LogP contribution in [-0.2, 0) is 40.8 Å². The molecule has 59 heavy (non-hydrogen) atoms. The zero-order valence-corrected chi connectivity index (χ0v) is 33.8. The molecule has 2 heterocycles. The van der Waals surface area contributed by atoms with Crippen LogP contribution in [0.2, 0.25) is 0 Å². The first kappa shape index (κ1) is 44.7.